The Balaban J connectivity index is 2.02. The fourth-order valence-corrected chi connectivity index (χ4v) is 2.22. The standard InChI is InChI=1S/C16H14N2O/c1-18(12-6-3-2-4-7-12)16(19)14-8-5-9-15-13(14)10-11-17-15/h2-11,17H,1H3. The van der Waals surface area contributed by atoms with Crippen molar-refractivity contribution in [2.45, 2.75) is 0 Å². The predicted octanol–water partition coefficient (Wildman–Crippen LogP) is 3.44. The van der Waals surface area contributed by atoms with E-state index in [1.54, 1.807) is 11.9 Å². The van der Waals surface area contributed by atoms with Gasteiger partial charge in [-0.05, 0) is 30.3 Å². The highest BCUT2D eigenvalue weighted by Gasteiger charge is 2.15. The molecule has 0 spiro atoms. The summed E-state index contributed by atoms with van der Waals surface area (Å²) in [7, 11) is 1.79. The van der Waals surface area contributed by atoms with Crippen LogP contribution in [0.4, 0.5) is 5.69 Å². The first-order valence-electron chi connectivity index (χ1n) is 6.16. The van der Waals surface area contributed by atoms with Gasteiger partial charge in [0.05, 0.1) is 0 Å². The third kappa shape index (κ3) is 1.99. The molecule has 3 heteroatoms. The summed E-state index contributed by atoms with van der Waals surface area (Å²) in [5.74, 6) is -0.00333. The number of hydrogen-bond acceptors (Lipinski definition) is 1. The van der Waals surface area contributed by atoms with Crippen LogP contribution < -0.4 is 4.90 Å². The number of amides is 1. The normalized spacial score (nSPS) is 10.6. The van der Waals surface area contributed by atoms with E-state index in [-0.39, 0.29) is 5.91 Å². The highest BCUT2D eigenvalue weighted by molar-refractivity contribution is 6.13. The van der Waals surface area contributed by atoms with Crippen molar-refractivity contribution in [2.75, 3.05) is 11.9 Å². The first-order chi connectivity index (χ1) is 9.27. The molecule has 0 atom stereocenters. The lowest BCUT2D eigenvalue weighted by atomic mass is 10.1. The van der Waals surface area contributed by atoms with Crippen molar-refractivity contribution in [3.05, 3.63) is 66.4 Å². The number of aromatic nitrogens is 1. The van der Waals surface area contributed by atoms with Crippen molar-refractivity contribution in [3.8, 4) is 0 Å². The second-order valence-electron chi connectivity index (χ2n) is 4.44. The lowest BCUT2D eigenvalue weighted by Gasteiger charge is -2.17. The molecule has 3 aromatic rings. The molecule has 0 radical (unpaired) electrons. The average molecular weight is 250 g/mol. The van der Waals surface area contributed by atoms with Crippen molar-refractivity contribution in [2.24, 2.45) is 0 Å². The topological polar surface area (TPSA) is 36.1 Å². The number of fused-ring (bicyclic) bond motifs is 1. The average Bonchev–Trinajstić information content (AvgIpc) is 2.95. The van der Waals surface area contributed by atoms with Gasteiger partial charge in [-0.3, -0.25) is 4.79 Å². The molecule has 3 rings (SSSR count). The fraction of sp³-hybridized carbons (Fsp3) is 0.0625. The molecule has 2 aromatic carbocycles. The minimum atomic E-state index is -0.00333. The van der Waals surface area contributed by atoms with E-state index >= 15 is 0 Å². The monoisotopic (exact) mass is 250 g/mol. The third-order valence-electron chi connectivity index (χ3n) is 3.27. The first kappa shape index (κ1) is 11.5. The maximum absolute atomic E-state index is 12.6. The van der Waals surface area contributed by atoms with E-state index in [1.807, 2.05) is 60.8 Å². The summed E-state index contributed by atoms with van der Waals surface area (Å²) < 4.78 is 0. The molecule has 0 bridgehead atoms. The van der Waals surface area contributed by atoms with Gasteiger partial charge >= 0.3 is 0 Å². The molecule has 0 aliphatic rings. The Labute approximate surface area is 111 Å². The number of anilines is 1. The molecule has 0 unspecified atom stereocenters. The van der Waals surface area contributed by atoms with Gasteiger partial charge in [-0.2, -0.15) is 0 Å². The van der Waals surface area contributed by atoms with E-state index in [4.69, 9.17) is 0 Å². The van der Waals surface area contributed by atoms with Gasteiger partial charge in [0.25, 0.3) is 5.91 Å². The number of H-pyrrole nitrogens is 1. The van der Waals surface area contributed by atoms with Gasteiger partial charge < -0.3 is 9.88 Å². The molecule has 1 amide bonds. The van der Waals surface area contributed by atoms with Crippen molar-refractivity contribution in [1.82, 2.24) is 4.98 Å². The number of para-hydroxylation sites is 1. The summed E-state index contributed by atoms with van der Waals surface area (Å²) >= 11 is 0. The largest absolute Gasteiger partial charge is 0.361 e. The molecule has 0 fully saturated rings. The number of aromatic amines is 1. The van der Waals surface area contributed by atoms with Crippen LogP contribution in [0.1, 0.15) is 10.4 Å². The number of benzene rings is 2. The van der Waals surface area contributed by atoms with Gasteiger partial charge in [-0.15, -0.1) is 0 Å². The zero-order valence-corrected chi connectivity index (χ0v) is 10.6. The van der Waals surface area contributed by atoms with E-state index in [1.165, 1.54) is 0 Å². The number of carbonyl (C=O) groups is 1. The summed E-state index contributed by atoms with van der Waals surface area (Å²) in [6.45, 7) is 0. The third-order valence-corrected chi connectivity index (χ3v) is 3.27. The Morgan fingerprint density at radius 1 is 1.00 bits per heavy atom. The maximum Gasteiger partial charge on any atom is 0.258 e. The lowest BCUT2D eigenvalue weighted by molar-refractivity contribution is 0.0994. The summed E-state index contributed by atoms with van der Waals surface area (Å²) in [6, 6.07) is 17.3. The van der Waals surface area contributed by atoms with Crippen LogP contribution in [0.25, 0.3) is 10.9 Å². The SMILES string of the molecule is CN(C(=O)c1cccc2[nH]ccc12)c1ccccc1. The zero-order valence-electron chi connectivity index (χ0n) is 10.6. The minimum Gasteiger partial charge on any atom is -0.361 e. The Kier molecular flexibility index (Phi) is 2.80. The minimum absolute atomic E-state index is 0.00333. The van der Waals surface area contributed by atoms with Gasteiger partial charge in [0.1, 0.15) is 0 Å². The number of carbonyl (C=O) groups excluding carboxylic acids is 1. The van der Waals surface area contributed by atoms with E-state index in [0.29, 0.717) is 5.56 Å². The summed E-state index contributed by atoms with van der Waals surface area (Å²) in [4.78, 5) is 17.4. The van der Waals surface area contributed by atoms with Crippen LogP contribution in [0.2, 0.25) is 0 Å². The Morgan fingerprint density at radius 3 is 2.58 bits per heavy atom. The van der Waals surface area contributed by atoms with Gasteiger partial charge in [-0.1, -0.05) is 24.3 Å². The second-order valence-corrected chi connectivity index (χ2v) is 4.44. The van der Waals surface area contributed by atoms with Crippen LogP contribution in [0.3, 0.4) is 0 Å². The van der Waals surface area contributed by atoms with Crippen molar-refractivity contribution in [3.63, 3.8) is 0 Å². The summed E-state index contributed by atoms with van der Waals surface area (Å²) in [6.07, 6.45) is 1.85. The van der Waals surface area contributed by atoms with Gasteiger partial charge in [0.15, 0.2) is 0 Å². The van der Waals surface area contributed by atoms with Crippen LogP contribution in [-0.2, 0) is 0 Å². The molecule has 3 nitrogen and oxygen atoms in total. The van der Waals surface area contributed by atoms with Gasteiger partial charge in [-0.25, -0.2) is 0 Å². The molecule has 0 saturated heterocycles. The van der Waals surface area contributed by atoms with E-state index in [2.05, 4.69) is 4.98 Å². The van der Waals surface area contributed by atoms with Gasteiger partial charge in [0.2, 0.25) is 0 Å². The Hall–Kier alpha value is -2.55. The molecule has 1 aromatic heterocycles. The van der Waals surface area contributed by atoms with Crippen molar-refractivity contribution >= 4 is 22.5 Å². The Bertz CT molecular complexity index is 716. The van der Waals surface area contributed by atoms with E-state index in [9.17, 15) is 4.79 Å². The molecule has 0 saturated carbocycles. The van der Waals surface area contributed by atoms with Crippen LogP contribution in [0.15, 0.2) is 60.8 Å². The Morgan fingerprint density at radius 2 is 1.79 bits per heavy atom. The lowest BCUT2D eigenvalue weighted by Crippen LogP contribution is -2.26. The zero-order chi connectivity index (χ0) is 13.2. The second kappa shape index (κ2) is 4.61. The quantitative estimate of drug-likeness (QED) is 0.743. The van der Waals surface area contributed by atoms with E-state index in [0.717, 1.165) is 16.6 Å². The molecule has 0 aliphatic heterocycles. The first-order valence-corrected chi connectivity index (χ1v) is 6.16. The highest BCUT2D eigenvalue weighted by atomic mass is 16.2. The summed E-state index contributed by atoms with van der Waals surface area (Å²) in [5.41, 5.74) is 2.58. The molecule has 1 N–H and O–H groups in total. The fourth-order valence-electron chi connectivity index (χ4n) is 2.22. The molecule has 1 heterocycles. The predicted molar refractivity (Wildman–Crippen MR) is 77.5 cm³/mol. The molecule has 19 heavy (non-hydrogen) atoms. The number of rotatable bonds is 2. The number of hydrogen-bond donors (Lipinski definition) is 1. The van der Waals surface area contributed by atoms with Crippen molar-refractivity contribution in [1.29, 1.82) is 0 Å². The maximum atomic E-state index is 12.6. The smallest absolute Gasteiger partial charge is 0.258 e. The summed E-state index contributed by atoms with van der Waals surface area (Å²) in [5, 5.41) is 0.954. The van der Waals surface area contributed by atoms with Crippen LogP contribution in [-0.4, -0.2) is 17.9 Å². The number of nitrogens with zero attached hydrogens (tertiary/aromatic N) is 1. The highest BCUT2D eigenvalue weighted by Crippen LogP contribution is 2.21. The van der Waals surface area contributed by atoms with Crippen LogP contribution >= 0.6 is 0 Å². The van der Waals surface area contributed by atoms with Gasteiger partial charge in [0, 0.05) is 35.4 Å². The van der Waals surface area contributed by atoms with E-state index < -0.39 is 0 Å². The van der Waals surface area contributed by atoms with Crippen LogP contribution in [0, 0.1) is 0 Å². The molecule has 0 aliphatic carbocycles. The van der Waals surface area contributed by atoms with Crippen molar-refractivity contribution < 1.29 is 4.79 Å². The molecular weight excluding hydrogens is 236 g/mol. The molecular formula is C16H14N2O. The molecule has 94 valence electrons. The van der Waals surface area contributed by atoms with Crippen LogP contribution in [0.5, 0.6) is 0 Å². The number of nitrogens with one attached hydrogen (secondary N) is 1.